The molecule has 0 fully saturated rings. The highest BCUT2D eigenvalue weighted by molar-refractivity contribution is 8.00. The number of allylic oxidation sites excluding steroid dienone is 1. The Kier molecular flexibility index (Phi) is 5.03. The zero-order valence-electron chi connectivity index (χ0n) is 11.5. The summed E-state index contributed by atoms with van der Waals surface area (Å²) < 4.78 is 1.89. The van der Waals surface area contributed by atoms with Crippen LogP contribution in [0.2, 0.25) is 5.02 Å². The molecule has 2 aromatic rings. The molecule has 0 saturated heterocycles. The lowest BCUT2D eigenvalue weighted by Crippen LogP contribution is -2.23. The molecular weight excluding hydrogens is 308 g/mol. The number of halogens is 1. The number of rotatable bonds is 6. The van der Waals surface area contributed by atoms with Crippen LogP contribution in [0.25, 0.3) is 11.4 Å². The van der Waals surface area contributed by atoms with Crippen LogP contribution < -0.4 is 5.73 Å². The van der Waals surface area contributed by atoms with Gasteiger partial charge in [-0.3, -0.25) is 9.36 Å². The van der Waals surface area contributed by atoms with Gasteiger partial charge in [0.2, 0.25) is 5.91 Å². The van der Waals surface area contributed by atoms with Crippen LogP contribution >= 0.6 is 23.4 Å². The molecule has 1 atom stereocenters. The SMILES string of the molecule is C=CCn1c(S[C@H](C)C(N)=O)nnc1-c1ccc(Cl)cc1. The van der Waals surface area contributed by atoms with Crippen molar-refractivity contribution in [1.82, 2.24) is 14.8 Å². The fourth-order valence-electron chi connectivity index (χ4n) is 1.70. The Morgan fingerprint density at radius 2 is 2.14 bits per heavy atom. The third-order valence-corrected chi connectivity index (χ3v) is 4.16. The largest absolute Gasteiger partial charge is 0.369 e. The van der Waals surface area contributed by atoms with E-state index in [1.54, 1.807) is 25.1 Å². The second-order valence-electron chi connectivity index (χ2n) is 4.37. The molecule has 7 heteroatoms. The highest BCUT2D eigenvalue weighted by Gasteiger charge is 2.18. The van der Waals surface area contributed by atoms with Crippen LogP contribution in [-0.2, 0) is 11.3 Å². The predicted octanol–water partition coefficient (Wildman–Crippen LogP) is 2.75. The smallest absolute Gasteiger partial charge is 0.230 e. The first kappa shape index (κ1) is 15.6. The fraction of sp³-hybridized carbons (Fsp3) is 0.214. The number of benzene rings is 1. The Hall–Kier alpha value is -1.79. The van der Waals surface area contributed by atoms with Crippen molar-refractivity contribution < 1.29 is 4.79 Å². The Morgan fingerprint density at radius 1 is 1.48 bits per heavy atom. The average molecular weight is 323 g/mol. The van der Waals surface area contributed by atoms with E-state index in [1.807, 2.05) is 16.7 Å². The molecule has 2 N–H and O–H groups in total. The summed E-state index contributed by atoms with van der Waals surface area (Å²) in [7, 11) is 0. The summed E-state index contributed by atoms with van der Waals surface area (Å²) in [6.45, 7) is 6.02. The van der Waals surface area contributed by atoms with Gasteiger partial charge in [0.25, 0.3) is 0 Å². The van der Waals surface area contributed by atoms with Gasteiger partial charge in [0.1, 0.15) is 0 Å². The van der Waals surface area contributed by atoms with E-state index in [4.69, 9.17) is 17.3 Å². The maximum atomic E-state index is 11.2. The van der Waals surface area contributed by atoms with E-state index in [9.17, 15) is 4.79 Å². The van der Waals surface area contributed by atoms with Crippen molar-refractivity contribution >= 4 is 29.3 Å². The van der Waals surface area contributed by atoms with Crippen LogP contribution in [0.5, 0.6) is 0 Å². The van der Waals surface area contributed by atoms with Crippen LogP contribution in [0, 0.1) is 0 Å². The molecule has 1 amide bonds. The summed E-state index contributed by atoms with van der Waals surface area (Å²) in [4.78, 5) is 11.2. The van der Waals surface area contributed by atoms with Gasteiger partial charge < -0.3 is 5.73 Å². The first-order chi connectivity index (χ1) is 10.0. The fourth-order valence-corrected chi connectivity index (χ4v) is 2.63. The standard InChI is InChI=1S/C14H15ClN4OS/c1-3-8-19-13(10-4-6-11(15)7-5-10)17-18-14(19)21-9(2)12(16)20/h3-7,9H,1,8H2,2H3,(H2,16,20)/t9-/m1/s1. The molecule has 0 unspecified atom stereocenters. The Morgan fingerprint density at radius 3 is 2.71 bits per heavy atom. The van der Waals surface area contributed by atoms with Gasteiger partial charge in [-0.1, -0.05) is 29.4 Å². The van der Waals surface area contributed by atoms with Gasteiger partial charge >= 0.3 is 0 Å². The van der Waals surface area contributed by atoms with Crippen LogP contribution in [0.15, 0.2) is 42.1 Å². The number of hydrogen-bond donors (Lipinski definition) is 1. The lowest BCUT2D eigenvalue weighted by atomic mass is 10.2. The molecule has 1 aromatic heterocycles. The Bertz CT molecular complexity index is 653. The number of carbonyl (C=O) groups is 1. The topological polar surface area (TPSA) is 73.8 Å². The predicted molar refractivity (Wildman–Crippen MR) is 85.2 cm³/mol. The van der Waals surface area contributed by atoms with Crippen LogP contribution in [-0.4, -0.2) is 25.9 Å². The van der Waals surface area contributed by atoms with Crippen molar-refractivity contribution in [2.75, 3.05) is 0 Å². The van der Waals surface area contributed by atoms with Gasteiger partial charge in [-0.15, -0.1) is 16.8 Å². The van der Waals surface area contributed by atoms with Crippen molar-refractivity contribution in [2.24, 2.45) is 5.73 Å². The number of primary amides is 1. The third-order valence-electron chi connectivity index (χ3n) is 2.81. The number of amides is 1. The molecular formula is C14H15ClN4OS. The number of thioether (sulfide) groups is 1. The van der Waals surface area contributed by atoms with Gasteiger partial charge in [0.15, 0.2) is 11.0 Å². The third kappa shape index (κ3) is 3.65. The van der Waals surface area contributed by atoms with E-state index in [0.717, 1.165) is 5.56 Å². The lowest BCUT2D eigenvalue weighted by molar-refractivity contribution is -0.117. The maximum absolute atomic E-state index is 11.2. The van der Waals surface area contributed by atoms with Crippen molar-refractivity contribution in [2.45, 2.75) is 23.9 Å². The van der Waals surface area contributed by atoms with Gasteiger partial charge in [-0.05, 0) is 31.2 Å². The van der Waals surface area contributed by atoms with E-state index in [2.05, 4.69) is 16.8 Å². The summed E-state index contributed by atoms with van der Waals surface area (Å²) in [5.41, 5.74) is 6.19. The minimum atomic E-state index is -0.388. The maximum Gasteiger partial charge on any atom is 0.230 e. The van der Waals surface area contributed by atoms with Crippen molar-refractivity contribution in [3.63, 3.8) is 0 Å². The number of aromatic nitrogens is 3. The lowest BCUT2D eigenvalue weighted by Gasteiger charge is -2.10. The van der Waals surface area contributed by atoms with Gasteiger partial charge in [0.05, 0.1) is 5.25 Å². The minimum absolute atomic E-state index is 0.379. The highest BCUT2D eigenvalue weighted by atomic mass is 35.5. The van der Waals surface area contributed by atoms with E-state index in [1.165, 1.54) is 11.8 Å². The van der Waals surface area contributed by atoms with Crippen molar-refractivity contribution in [3.05, 3.63) is 41.9 Å². The molecule has 1 heterocycles. The van der Waals surface area contributed by atoms with E-state index in [-0.39, 0.29) is 11.2 Å². The molecule has 0 spiro atoms. The second kappa shape index (κ2) is 6.78. The zero-order chi connectivity index (χ0) is 15.4. The van der Waals surface area contributed by atoms with Crippen LogP contribution in [0.1, 0.15) is 6.92 Å². The molecule has 2 rings (SSSR count). The number of nitrogens with two attached hydrogens (primary N) is 1. The molecule has 0 aliphatic heterocycles. The van der Waals surface area contributed by atoms with E-state index in [0.29, 0.717) is 22.5 Å². The van der Waals surface area contributed by atoms with Crippen molar-refractivity contribution in [1.29, 1.82) is 0 Å². The number of hydrogen-bond acceptors (Lipinski definition) is 4. The summed E-state index contributed by atoms with van der Waals surface area (Å²) in [6.07, 6.45) is 1.75. The molecule has 0 aliphatic rings. The monoisotopic (exact) mass is 322 g/mol. The summed E-state index contributed by atoms with van der Waals surface area (Å²) >= 11 is 7.17. The molecule has 5 nitrogen and oxygen atoms in total. The summed E-state index contributed by atoms with van der Waals surface area (Å²) in [5, 5.41) is 9.25. The minimum Gasteiger partial charge on any atom is -0.369 e. The normalized spacial score (nSPS) is 12.1. The molecule has 0 radical (unpaired) electrons. The van der Waals surface area contributed by atoms with Gasteiger partial charge in [-0.25, -0.2) is 0 Å². The summed E-state index contributed by atoms with van der Waals surface area (Å²) in [5.74, 6) is 0.312. The van der Waals surface area contributed by atoms with Gasteiger partial charge in [-0.2, -0.15) is 0 Å². The first-order valence-electron chi connectivity index (χ1n) is 6.29. The Balaban J connectivity index is 2.38. The number of nitrogens with zero attached hydrogens (tertiary/aromatic N) is 3. The summed E-state index contributed by atoms with van der Waals surface area (Å²) in [6, 6.07) is 7.33. The van der Waals surface area contributed by atoms with Crippen LogP contribution in [0.3, 0.4) is 0 Å². The van der Waals surface area contributed by atoms with E-state index >= 15 is 0 Å². The Labute approximate surface area is 132 Å². The number of carbonyl (C=O) groups excluding carboxylic acids is 1. The quantitative estimate of drug-likeness (QED) is 0.655. The second-order valence-corrected chi connectivity index (χ2v) is 6.12. The molecule has 21 heavy (non-hydrogen) atoms. The molecule has 1 aromatic carbocycles. The van der Waals surface area contributed by atoms with Crippen LogP contribution in [0.4, 0.5) is 0 Å². The van der Waals surface area contributed by atoms with E-state index < -0.39 is 0 Å². The average Bonchev–Trinajstić information content (AvgIpc) is 2.83. The van der Waals surface area contributed by atoms with Gasteiger partial charge in [0, 0.05) is 17.1 Å². The molecule has 0 saturated carbocycles. The first-order valence-corrected chi connectivity index (χ1v) is 7.54. The highest BCUT2D eigenvalue weighted by Crippen LogP contribution is 2.27. The molecule has 110 valence electrons. The molecule has 0 aliphatic carbocycles. The zero-order valence-corrected chi connectivity index (χ0v) is 13.1. The molecule has 0 bridgehead atoms. The van der Waals surface area contributed by atoms with Crippen molar-refractivity contribution in [3.8, 4) is 11.4 Å².